The molecule has 7 heteroatoms. The number of rotatable bonds is 9. The molecular weight excluding hydrogens is 332 g/mol. The van der Waals surface area contributed by atoms with Crippen molar-refractivity contribution < 1.29 is 14.2 Å². The molecule has 26 heavy (non-hydrogen) atoms. The topological polar surface area (TPSA) is 70.8 Å². The molecule has 0 fully saturated rings. The van der Waals surface area contributed by atoms with E-state index in [-0.39, 0.29) is 0 Å². The van der Waals surface area contributed by atoms with Crippen LogP contribution < -0.4 is 14.2 Å². The molecule has 0 aliphatic heterocycles. The van der Waals surface area contributed by atoms with Gasteiger partial charge >= 0.3 is 0 Å². The average molecular weight is 352 g/mol. The first-order valence-corrected chi connectivity index (χ1v) is 8.31. The predicted molar refractivity (Wildman–Crippen MR) is 98.1 cm³/mol. The number of hydrogen-bond donors (Lipinski definition) is 0. The van der Waals surface area contributed by atoms with Crippen molar-refractivity contribution >= 4 is 6.21 Å². The Morgan fingerprint density at radius 2 is 1.69 bits per heavy atom. The van der Waals surface area contributed by atoms with Crippen LogP contribution in [0.5, 0.6) is 17.2 Å². The lowest BCUT2D eigenvalue weighted by atomic mass is 10.2. The van der Waals surface area contributed by atoms with Gasteiger partial charge in [0.25, 0.3) is 0 Å². The minimum atomic E-state index is 0.420. The quantitative estimate of drug-likeness (QED) is 0.437. The molecule has 2 aromatic carbocycles. The maximum absolute atomic E-state index is 5.80. The van der Waals surface area contributed by atoms with Crippen molar-refractivity contribution in [2.75, 3.05) is 19.8 Å². The highest BCUT2D eigenvalue weighted by Gasteiger charge is 2.06. The van der Waals surface area contributed by atoms with Crippen molar-refractivity contribution in [3.8, 4) is 17.2 Å². The van der Waals surface area contributed by atoms with E-state index in [1.165, 1.54) is 17.3 Å². The van der Waals surface area contributed by atoms with Gasteiger partial charge < -0.3 is 14.2 Å². The number of hydrogen-bond acceptors (Lipinski definition) is 6. The lowest BCUT2D eigenvalue weighted by molar-refractivity contribution is 0.208. The first-order valence-electron chi connectivity index (χ1n) is 8.31. The molecule has 0 N–H and O–H groups in total. The van der Waals surface area contributed by atoms with E-state index in [1.807, 2.05) is 55.5 Å². The van der Waals surface area contributed by atoms with Crippen LogP contribution >= 0.6 is 0 Å². The molecular formula is C19H20N4O3. The SMILES string of the molecule is CCOc1cc(/C=N/n2cnnc2)ccc1OCCOc1ccccc1. The van der Waals surface area contributed by atoms with Gasteiger partial charge in [0.1, 0.15) is 31.6 Å². The molecule has 0 unspecified atom stereocenters. The molecule has 0 aliphatic carbocycles. The summed E-state index contributed by atoms with van der Waals surface area (Å²) in [6, 6.07) is 15.3. The summed E-state index contributed by atoms with van der Waals surface area (Å²) in [5.41, 5.74) is 0.884. The lowest BCUT2D eigenvalue weighted by Crippen LogP contribution is -2.10. The minimum absolute atomic E-state index is 0.420. The van der Waals surface area contributed by atoms with Gasteiger partial charge in [0.05, 0.1) is 12.8 Å². The van der Waals surface area contributed by atoms with Gasteiger partial charge in [-0.2, -0.15) is 5.10 Å². The molecule has 1 heterocycles. The molecule has 0 radical (unpaired) electrons. The highest BCUT2D eigenvalue weighted by Crippen LogP contribution is 2.28. The second kappa shape index (κ2) is 9.22. The Bertz CT molecular complexity index is 820. The van der Waals surface area contributed by atoms with E-state index >= 15 is 0 Å². The Balaban J connectivity index is 1.59. The molecule has 0 bridgehead atoms. The fourth-order valence-corrected chi connectivity index (χ4v) is 2.21. The third-order valence-electron chi connectivity index (χ3n) is 3.37. The highest BCUT2D eigenvalue weighted by atomic mass is 16.5. The van der Waals surface area contributed by atoms with Gasteiger partial charge in [0.2, 0.25) is 0 Å². The summed E-state index contributed by atoms with van der Waals surface area (Å²) in [5.74, 6) is 2.16. The first kappa shape index (κ1) is 17.5. The molecule has 3 aromatic rings. The van der Waals surface area contributed by atoms with E-state index in [9.17, 15) is 0 Å². The zero-order valence-corrected chi connectivity index (χ0v) is 14.5. The second-order valence-electron chi connectivity index (χ2n) is 5.24. The molecule has 3 rings (SSSR count). The maximum Gasteiger partial charge on any atom is 0.161 e. The summed E-state index contributed by atoms with van der Waals surface area (Å²) in [5, 5.41) is 11.6. The van der Waals surface area contributed by atoms with Gasteiger partial charge in [-0.1, -0.05) is 18.2 Å². The smallest absolute Gasteiger partial charge is 0.161 e. The van der Waals surface area contributed by atoms with E-state index in [4.69, 9.17) is 14.2 Å². The summed E-state index contributed by atoms with van der Waals surface area (Å²) in [6.07, 6.45) is 4.74. The molecule has 0 atom stereocenters. The normalized spacial score (nSPS) is 10.8. The van der Waals surface area contributed by atoms with Gasteiger partial charge in [0, 0.05) is 0 Å². The lowest BCUT2D eigenvalue weighted by Gasteiger charge is -2.13. The molecule has 1 aromatic heterocycles. The van der Waals surface area contributed by atoms with Crippen molar-refractivity contribution in [3.63, 3.8) is 0 Å². The Morgan fingerprint density at radius 3 is 2.46 bits per heavy atom. The standard InChI is InChI=1S/C19H20N4O3/c1-2-24-19-12-16(13-22-23-14-20-21-15-23)8-9-18(19)26-11-10-25-17-6-4-3-5-7-17/h3-9,12-15H,2,10-11H2,1H3/b22-13+. The number of benzene rings is 2. The first-order chi connectivity index (χ1) is 12.8. The molecule has 0 spiro atoms. The maximum atomic E-state index is 5.80. The van der Waals surface area contributed by atoms with E-state index < -0.39 is 0 Å². The summed E-state index contributed by atoms with van der Waals surface area (Å²) >= 11 is 0. The van der Waals surface area contributed by atoms with Crippen molar-refractivity contribution in [2.24, 2.45) is 5.10 Å². The minimum Gasteiger partial charge on any atom is -0.490 e. The van der Waals surface area contributed by atoms with Gasteiger partial charge in [-0.25, -0.2) is 4.68 Å². The molecule has 134 valence electrons. The number of para-hydroxylation sites is 1. The molecule has 7 nitrogen and oxygen atoms in total. The Hall–Kier alpha value is -3.35. The van der Waals surface area contributed by atoms with Crippen molar-refractivity contribution in [1.29, 1.82) is 0 Å². The molecule has 0 aliphatic rings. The Kier molecular flexibility index (Phi) is 6.19. The molecule has 0 saturated heterocycles. The van der Waals surface area contributed by atoms with Crippen LogP contribution in [0, 0.1) is 0 Å². The van der Waals surface area contributed by atoms with Crippen molar-refractivity contribution in [1.82, 2.24) is 14.9 Å². The third-order valence-corrected chi connectivity index (χ3v) is 3.37. The van der Waals surface area contributed by atoms with Crippen LogP contribution in [-0.4, -0.2) is 40.9 Å². The third kappa shape index (κ3) is 5.07. The van der Waals surface area contributed by atoms with Crippen molar-refractivity contribution in [2.45, 2.75) is 6.92 Å². The van der Waals surface area contributed by atoms with Crippen LogP contribution in [0.2, 0.25) is 0 Å². The zero-order chi connectivity index (χ0) is 18.0. The zero-order valence-electron chi connectivity index (χ0n) is 14.5. The van der Waals surface area contributed by atoms with E-state index in [0.29, 0.717) is 31.3 Å². The highest BCUT2D eigenvalue weighted by molar-refractivity contribution is 5.80. The monoisotopic (exact) mass is 352 g/mol. The summed E-state index contributed by atoms with van der Waals surface area (Å²) in [6.45, 7) is 3.35. The van der Waals surface area contributed by atoms with Gasteiger partial charge in [-0.15, -0.1) is 10.2 Å². The van der Waals surface area contributed by atoms with E-state index in [0.717, 1.165) is 11.3 Å². The van der Waals surface area contributed by atoms with Crippen LogP contribution in [0.3, 0.4) is 0 Å². The van der Waals surface area contributed by atoms with Gasteiger partial charge in [-0.3, -0.25) is 0 Å². The van der Waals surface area contributed by atoms with Crippen LogP contribution in [0.15, 0.2) is 66.3 Å². The molecule has 0 amide bonds. The predicted octanol–water partition coefficient (Wildman–Crippen LogP) is 3.02. The average Bonchev–Trinajstić information content (AvgIpc) is 3.19. The van der Waals surface area contributed by atoms with Crippen LogP contribution in [0.4, 0.5) is 0 Å². The van der Waals surface area contributed by atoms with E-state index in [2.05, 4.69) is 15.3 Å². The van der Waals surface area contributed by atoms with Gasteiger partial charge in [0.15, 0.2) is 11.5 Å². The summed E-state index contributed by atoms with van der Waals surface area (Å²) < 4.78 is 18.6. The van der Waals surface area contributed by atoms with Gasteiger partial charge in [-0.05, 0) is 42.8 Å². The number of nitrogens with zero attached hydrogens (tertiary/aromatic N) is 4. The largest absolute Gasteiger partial charge is 0.490 e. The Labute approximate surface area is 151 Å². The van der Waals surface area contributed by atoms with Crippen LogP contribution in [-0.2, 0) is 0 Å². The fraction of sp³-hybridized carbons (Fsp3) is 0.211. The van der Waals surface area contributed by atoms with Crippen LogP contribution in [0.1, 0.15) is 12.5 Å². The number of aromatic nitrogens is 3. The van der Waals surface area contributed by atoms with Crippen molar-refractivity contribution in [3.05, 3.63) is 66.7 Å². The van der Waals surface area contributed by atoms with Crippen LogP contribution in [0.25, 0.3) is 0 Å². The summed E-state index contributed by atoms with van der Waals surface area (Å²) in [4.78, 5) is 0. The fourth-order valence-electron chi connectivity index (χ4n) is 2.21. The summed E-state index contributed by atoms with van der Waals surface area (Å²) in [7, 11) is 0. The molecule has 0 saturated carbocycles. The Morgan fingerprint density at radius 1 is 0.923 bits per heavy atom. The second-order valence-corrected chi connectivity index (χ2v) is 5.24. The van der Waals surface area contributed by atoms with E-state index in [1.54, 1.807) is 6.21 Å². The number of ether oxygens (including phenoxy) is 3.